The topological polar surface area (TPSA) is 140 Å². The molecular formula is C25H18F4N6O4S. The van der Waals surface area contributed by atoms with E-state index < -0.39 is 74.0 Å². The molecule has 1 atom stereocenters. The molecule has 1 saturated heterocycles. The van der Waals surface area contributed by atoms with Gasteiger partial charge in [0.2, 0.25) is 21.9 Å². The third kappa shape index (κ3) is 4.75. The first-order valence-electron chi connectivity index (χ1n) is 11.6. The number of sulfonamides is 1. The molecule has 2 heterocycles. The van der Waals surface area contributed by atoms with Gasteiger partial charge in [-0.2, -0.15) is 9.67 Å². The minimum absolute atomic E-state index is 0.00582. The van der Waals surface area contributed by atoms with Gasteiger partial charge < -0.3 is 11.1 Å². The van der Waals surface area contributed by atoms with Gasteiger partial charge in [0.1, 0.15) is 34.4 Å². The first-order chi connectivity index (χ1) is 19.0. The average molecular weight is 575 g/mol. The molecule has 0 bridgehead atoms. The van der Waals surface area contributed by atoms with E-state index in [1.54, 1.807) is 0 Å². The molecule has 4 aromatic rings. The van der Waals surface area contributed by atoms with Crippen molar-refractivity contribution in [2.24, 2.45) is 0 Å². The second-order valence-electron chi connectivity index (χ2n) is 8.67. The summed E-state index contributed by atoms with van der Waals surface area (Å²) in [6.45, 7) is 0. The first-order valence-corrected chi connectivity index (χ1v) is 13.2. The Labute approximate surface area is 224 Å². The van der Waals surface area contributed by atoms with Crippen LogP contribution in [0.5, 0.6) is 0 Å². The molecule has 0 spiro atoms. The van der Waals surface area contributed by atoms with Crippen LogP contribution in [0.3, 0.4) is 0 Å². The highest BCUT2D eigenvalue weighted by Gasteiger charge is 2.43. The Kier molecular flexibility index (Phi) is 6.75. The summed E-state index contributed by atoms with van der Waals surface area (Å²) >= 11 is 0. The number of hydrogen-bond donors (Lipinski definition) is 2. The van der Waals surface area contributed by atoms with Crippen molar-refractivity contribution in [3.05, 3.63) is 101 Å². The third-order valence-electron chi connectivity index (χ3n) is 6.16. The Balaban J connectivity index is 1.38. The van der Waals surface area contributed by atoms with Gasteiger partial charge in [-0.25, -0.2) is 30.3 Å². The summed E-state index contributed by atoms with van der Waals surface area (Å²) in [4.78, 5) is 29.4. The first kappa shape index (κ1) is 26.8. The van der Waals surface area contributed by atoms with E-state index in [1.807, 2.05) is 0 Å². The predicted octanol–water partition coefficient (Wildman–Crippen LogP) is 3.77. The molecule has 206 valence electrons. The van der Waals surface area contributed by atoms with Gasteiger partial charge in [0.15, 0.2) is 0 Å². The van der Waals surface area contributed by atoms with E-state index in [-0.39, 0.29) is 12.4 Å². The van der Waals surface area contributed by atoms with Gasteiger partial charge in [-0.05, 0) is 48.4 Å². The lowest BCUT2D eigenvalue weighted by atomic mass is 10.0. The van der Waals surface area contributed by atoms with E-state index in [0.717, 1.165) is 36.4 Å². The fraction of sp³-hybridized carbons (Fsp3) is 0.120. The fourth-order valence-electron chi connectivity index (χ4n) is 4.30. The van der Waals surface area contributed by atoms with Crippen molar-refractivity contribution in [3.8, 4) is 0 Å². The Bertz CT molecular complexity index is 1720. The number of rotatable bonds is 5. The zero-order valence-corrected chi connectivity index (χ0v) is 21.0. The highest BCUT2D eigenvalue weighted by Crippen LogP contribution is 2.37. The molecule has 40 heavy (non-hydrogen) atoms. The van der Waals surface area contributed by atoms with Crippen LogP contribution in [0.15, 0.2) is 60.7 Å². The van der Waals surface area contributed by atoms with E-state index in [4.69, 9.17) is 5.73 Å². The zero-order valence-electron chi connectivity index (χ0n) is 20.2. The number of hydrogen-bond acceptors (Lipinski definition) is 8. The van der Waals surface area contributed by atoms with E-state index in [9.17, 15) is 35.6 Å². The largest absolute Gasteiger partial charge is 0.368 e. The third-order valence-corrected chi connectivity index (χ3v) is 7.93. The number of benzene rings is 3. The second kappa shape index (κ2) is 10.1. The Morgan fingerprint density at radius 3 is 1.93 bits per heavy atom. The maximum absolute atomic E-state index is 14.2. The van der Waals surface area contributed by atoms with Crippen LogP contribution in [-0.2, 0) is 10.0 Å². The lowest BCUT2D eigenvalue weighted by Gasteiger charge is -2.24. The van der Waals surface area contributed by atoms with E-state index in [2.05, 4.69) is 15.4 Å². The molecule has 1 fully saturated rings. The molecule has 1 amide bonds. The maximum atomic E-state index is 14.2. The number of aromatic nitrogens is 3. The average Bonchev–Trinajstić information content (AvgIpc) is 3.42. The van der Waals surface area contributed by atoms with Gasteiger partial charge in [0.25, 0.3) is 11.8 Å². The Morgan fingerprint density at radius 1 is 0.850 bits per heavy atom. The van der Waals surface area contributed by atoms with Gasteiger partial charge in [0.05, 0.1) is 11.8 Å². The number of nitrogen functional groups attached to an aromatic ring is 1. The molecule has 5 rings (SSSR count). The summed E-state index contributed by atoms with van der Waals surface area (Å²) < 4.78 is 82.9. The maximum Gasteiger partial charge on any atom is 0.287 e. The molecule has 3 aromatic carbocycles. The number of nitrogens with zero attached hydrogens (tertiary/aromatic N) is 4. The summed E-state index contributed by atoms with van der Waals surface area (Å²) in [7, 11) is -4.15. The lowest BCUT2D eigenvalue weighted by Crippen LogP contribution is -2.35. The van der Waals surface area contributed by atoms with Gasteiger partial charge in [-0.15, -0.1) is 5.10 Å². The van der Waals surface area contributed by atoms with Crippen LogP contribution in [0.25, 0.3) is 0 Å². The van der Waals surface area contributed by atoms with Crippen molar-refractivity contribution in [1.82, 2.24) is 19.1 Å². The van der Waals surface area contributed by atoms with Crippen LogP contribution in [0.4, 0.5) is 35.1 Å². The van der Waals surface area contributed by atoms with Crippen LogP contribution in [0, 0.1) is 23.3 Å². The SMILES string of the molecule is Nc1nc(Nc2ccc(C3CCS(=O)(=O)N3C(=O)c3c(F)cccc3F)cc2)nn1C(=O)c1c(F)cccc1F. The summed E-state index contributed by atoms with van der Waals surface area (Å²) in [5.41, 5.74) is 4.58. The summed E-state index contributed by atoms with van der Waals surface area (Å²) in [6.07, 6.45) is -0.00582. The zero-order chi connectivity index (χ0) is 28.8. The van der Waals surface area contributed by atoms with Crippen LogP contribution in [0.1, 0.15) is 38.7 Å². The Hall–Kier alpha value is -4.79. The molecule has 0 aliphatic carbocycles. The molecular weight excluding hydrogens is 556 g/mol. The van der Waals surface area contributed by atoms with Gasteiger partial charge in [0, 0.05) is 5.69 Å². The molecule has 3 N–H and O–H groups in total. The minimum atomic E-state index is -4.15. The Morgan fingerprint density at radius 2 is 1.38 bits per heavy atom. The number of nitrogens with two attached hydrogens (primary N) is 1. The fourth-order valence-corrected chi connectivity index (χ4v) is 5.98. The van der Waals surface area contributed by atoms with Crippen LogP contribution < -0.4 is 11.1 Å². The minimum Gasteiger partial charge on any atom is -0.368 e. The highest BCUT2D eigenvalue weighted by atomic mass is 32.2. The summed E-state index contributed by atoms with van der Waals surface area (Å²) in [5.74, 6) is -8.13. The smallest absolute Gasteiger partial charge is 0.287 e. The van der Waals surface area contributed by atoms with Gasteiger partial charge in [-0.3, -0.25) is 9.59 Å². The van der Waals surface area contributed by atoms with Crippen LogP contribution in [0.2, 0.25) is 0 Å². The van der Waals surface area contributed by atoms with Gasteiger partial charge in [-0.1, -0.05) is 24.3 Å². The van der Waals surface area contributed by atoms with Crippen LogP contribution in [-0.4, -0.2) is 45.1 Å². The second-order valence-corrected chi connectivity index (χ2v) is 10.6. The molecule has 1 aliphatic heterocycles. The molecule has 1 unspecified atom stereocenters. The van der Waals surface area contributed by atoms with Crippen molar-refractivity contribution >= 4 is 39.4 Å². The van der Waals surface area contributed by atoms with E-state index >= 15 is 0 Å². The standard InChI is InChI=1S/C25H18F4N6O4S/c26-15-3-1-4-16(27)20(15)22(36)34-24(30)32-25(33-34)31-14-9-7-13(8-10-14)19-11-12-40(38,39)35(19)23(37)21-17(28)5-2-6-18(21)29/h1-10,19H,11-12H2,(H3,30,31,32,33). The summed E-state index contributed by atoms with van der Waals surface area (Å²) in [6, 6.07) is 10.6. The van der Waals surface area contributed by atoms with Crippen molar-refractivity contribution in [1.29, 1.82) is 0 Å². The monoisotopic (exact) mass is 574 g/mol. The number of anilines is 3. The van der Waals surface area contributed by atoms with Crippen molar-refractivity contribution < 1.29 is 35.6 Å². The van der Waals surface area contributed by atoms with Gasteiger partial charge >= 0.3 is 0 Å². The molecule has 15 heteroatoms. The molecule has 1 aromatic heterocycles. The number of carbonyl (C=O) groups excluding carboxylic acids is 2. The van der Waals surface area contributed by atoms with E-state index in [0.29, 0.717) is 20.2 Å². The number of amides is 1. The lowest BCUT2D eigenvalue weighted by molar-refractivity contribution is 0.0821. The molecule has 0 saturated carbocycles. The van der Waals surface area contributed by atoms with E-state index in [1.165, 1.54) is 24.3 Å². The predicted molar refractivity (Wildman–Crippen MR) is 134 cm³/mol. The van der Waals surface area contributed by atoms with Crippen molar-refractivity contribution in [2.75, 3.05) is 16.8 Å². The van der Waals surface area contributed by atoms with Crippen molar-refractivity contribution in [3.63, 3.8) is 0 Å². The van der Waals surface area contributed by atoms with Crippen molar-refractivity contribution in [2.45, 2.75) is 12.5 Å². The number of halogens is 4. The molecule has 0 radical (unpaired) electrons. The highest BCUT2D eigenvalue weighted by molar-refractivity contribution is 7.89. The molecule has 1 aliphatic rings. The normalized spacial score (nSPS) is 16.2. The number of nitrogens with one attached hydrogen (secondary N) is 1. The van der Waals surface area contributed by atoms with Crippen LogP contribution >= 0.6 is 0 Å². The molecule has 10 nitrogen and oxygen atoms in total. The number of carbonyl (C=O) groups is 2. The summed E-state index contributed by atoms with van der Waals surface area (Å²) in [5, 5.41) is 6.60. The quantitative estimate of drug-likeness (QED) is 0.344.